The minimum atomic E-state index is -1.03. The van der Waals surface area contributed by atoms with Crippen molar-refractivity contribution < 1.29 is 19.4 Å². The average Bonchev–Trinajstić information content (AvgIpc) is 2.29. The fourth-order valence-corrected chi connectivity index (χ4v) is 1.80. The highest BCUT2D eigenvalue weighted by molar-refractivity contribution is 5.88. The Bertz CT molecular complexity index is 324. The lowest BCUT2D eigenvalue weighted by atomic mass is 9.98. The third-order valence-electron chi connectivity index (χ3n) is 2.74. The van der Waals surface area contributed by atoms with E-state index in [0.29, 0.717) is 5.57 Å². The van der Waals surface area contributed by atoms with E-state index in [1.165, 1.54) is 12.5 Å². The second-order valence-electron chi connectivity index (χ2n) is 4.21. The summed E-state index contributed by atoms with van der Waals surface area (Å²) in [7, 11) is 0. The van der Waals surface area contributed by atoms with Gasteiger partial charge in [0, 0.05) is 11.6 Å². The zero-order valence-corrected chi connectivity index (χ0v) is 9.85. The van der Waals surface area contributed by atoms with Gasteiger partial charge in [0.1, 0.15) is 6.10 Å². The van der Waals surface area contributed by atoms with E-state index in [1.54, 1.807) is 0 Å². The summed E-state index contributed by atoms with van der Waals surface area (Å²) < 4.78 is 5.29. The highest BCUT2D eigenvalue weighted by Gasteiger charge is 2.18. The van der Waals surface area contributed by atoms with Crippen LogP contribution in [0.25, 0.3) is 0 Å². The molecule has 1 aliphatic rings. The Balaban J connectivity index is 2.31. The molecule has 0 heterocycles. The first kappa shape index (κ1) is 13.5. The molecule has 0 aromatic carbocycles. The van der Waals surface area contributed by atoms with Crippen LogP contribution in [0.3, 0.4) is 0 Å². The molecule has 1 saturated carbocycles. The number of carboxylic acids is 1. The van der Waals surface area contributed by atoms with Gasteiger partial charge in [-0.15, -0.1) is 0 Å². The van der Waals surface area contributed by atoms with Gasteiger partial charge in [-0.2, -0.15) is 0 Å². The number of carboxylic acid groups (broad SMARTS) is 1. The van der Waals surface area contributed by atoms with Crippen LogP contribution in [-0.2, 0) is 14.3 Å². The molecular formula is C13H18O4. The number of ether oxygens (including phenoxy) is 1. The van der Waals surface area contributed by atoms with Crippen LogP contribution in [0.5, 0.6) is 0 Å². The predicted octanol–water partition coefficient (Wildman–Crippen LogP) is 2.45. The summed E-state index contributed by atoms with van der Waals surface area (Å²) >= 11 is 0. The number of allylic oxidation sites excluding steroid dienone is 1. The quantitative estimate of drug-likeness (QED) is 0.590. The number of hydrogen-bond acceptors (Lipinski definition) is 3. The van der Waals surface area contributed by atoms with Crippen LogP contribution in [0.1, 0.15) is 38.5 Å². The molecule has 1 fully saturated rings. The molecule has 0 bridgehead atoms. The lowest BCUT2D eigenvalue weighted by Crippen LogP contribution is -2.21. The van der Waals surface area contributed by atoms with E-state index in [0.717, 1.165) is 31.8 Å². The third-order valence-corrected chi connectivity index (χ3v) is 2.74. The number of carbonyl (C=O) groups is 2. The zero-order chi connectivity index (χ0) is 12.7. The third kappa shape index (κ3) is 5.33. The van der Waals surface area contributed by atoms with Crippen molar-refractivity contribution in [3.8, 4) is 0 Å². The molecule has 0 spiro atoms. The van der Waals surface area contributed by atoms with Crippen molar-refractivity contribution in [2.24, 2.45) is 0 Å². The first-order valence-corrected chi connectivity index (χ1v) is 5.88. The molecule has 94 valence electrons. The number of hydrogen-bond donors (Lipinski definition) is 1. The molecule has 4 heteroatoms. The highest BCUT2D eigenvalue weighted by atomic mass is 16.5. The summed E-state index contributed by atoms with van der Waals surface area (Å²) in [5.41, 5.74) is 0.299. The fraction of sp³-hybridized carbons (Fsp3) is 0.538. The van der Waals surface area contributed by atoms with Gasteiger partial charge in [0.15, 0.2) is 0 Å². The van der Waals surface area contributed by atoms with Crippen molar-refractivity contribution in [3.05, 3.63) is 24.3 Å². The number of esters is 1. The van der Waals surface area contributed by atoms with Crippen molar-refractivity contribution in [1.82, 2.24) is 0 Å². The van der Waals surface area contributed by atoms with Gasteiger partial charge in [-0.05, 0) is 32.1 Å². The minimum absolute atomic E-state index is 0.0106. The predicted molar refractivity (Wildman–Crippen MR) is 63.5 cm³/mol. The SMILES string of the molecule is C=C(CC=CC(=O)O)C(=O)OC1CCCCC1. The van der Waals surface area contributed by atoms with E-state index < -0.39 is 11.9 Å². The molecule has 0 radical (unpaired) electrons. The second kappa shape index (κ2) is 6.89. The maximum atomic E-state index is 11.6. The molecule has 0 aliphatic heterocycles. The maximum absolute atomic E-state index is 11.6. The van der Waals surface area contributed by atoms with Gasteiger partial charge in [0.05, 0.1) is 0 Å². The molecular weight excluding hydrogens is 220 g/mol. The summed E-state index contributed by atoms with van der Waals surface area (Å²) in [6.07, 6.45) is 7.87. The van der Waals surface area contributed by atoms with Crippen molar-refractivity contribution in [3.63, 3.8) is 0 Å². The molecule has 0 saturated heterocycles. The summed E-state index contributed by atoms with van der Waals surface area (Å²) in [6.45, 7) is 3.60. The lowest BCUT2D eigenvalue weighted by molar-refractivity contribution is -0.145. The lowest BCUT2D eigenvalue weighted by Gasteiger charge is -2.22. The van der Waals surface area contributed by atoms with Crippen LogP contribution < -0.4 is 0 Å². The van der Waals surface area contributed by atoms with E-state index in [-0.39, 0.29) is 12.5 Å². The standard InChI is InChI=1S/C13H18O4/c1-10(6-5-9-12(14)15)13(16)17-11-7-3-2-4-8-11/h5,9,11H,1-4,6-8H2,(H,14,15). The normalized spacial score (nSPS) is 16.9. The van der Waals surface area contributed by atoms with Crippen LogP contribution in [0.2, 0.25) is 0 Å². The van der Waals surface area contributed by atoms with Gasteiger partial charge in [0.2, 0.25) is 0 Å². The average molecular weight is 238 g/mol. The van der Waals surface area contributed by atoms with Crippen molar-refractivity contribution in [2.75, 3.05) is 0 Å². The molecule has 17 heavy (non-hydrogen) atoms. The van der Waals surface area contributed by atoms with E-state index >= 15 is 0 Å². The number of aliphatic carboxylic acids is 1. The van der Waals surface area contributed by atoms with Crippen molar-refractivity contribution >= 4 is 11.9 Å². The van der Waals surface area contributed by atoms with Crippen LogP contribution in [0.4, 0.5) is 0 Å². The zero-order valence-electron chi connectivity index (χ0n) is 9.85. The van der Waals surface area contributed by atoms with Gasteiger partial charge >= 0.3 is 11.9 Å². The summed E-state index contributed by atoms with van der Waals surface area (Å²) in [4.78, 5) is 21.8. The summed E-state index contributed by atoms with van der Waals surface area (Å²) in [5, 5.41) is 8.39. The molecule has 0 aromatic rings. The van der Waals surface area contributed by atoms with E-state index in [2.05, 4.69) is 6.58 Å². The topological polar surface area (TPSA) is 63.6 Å². The van der Waals surface area contributed by atoms with Gasteiger partial charge in [-0.1, -0.05) is 19.1 Å². The summed E-state index contributed by atoms with van der Waals surface area (Å²) in [5.74, 6) is -1.44. The second-order valence-corrected chi connectivity index (χ2v) is 4.21. The monoisotopic (exact) mass is 238 g/mol. The molecule has 1 N–H and O–H groups in total. The Morgan fingerprint density at radius 1 is 1.29 bits per heavy atom. The van der Waals surface area contributed by atoms with E-state index in [9.17, 15) is 9.59 Å². The highest BCUT2D eigenvalue weighted by Crippen LogP contribution is 2.21. The molecule has 1 rings (SSSR count). The number of carbonyl (C=O) groups excluding carboxylic acids is 1. The largest absolute Gasteiger partial charge is 0.478 e. The smallest absolute Gasteiger partial charge is 0.333 e. The molecule has 0 aromatic heterocycles. The van der Waals surface area contributed by atoms with Gasteiger partial charge < -0.3 is 9.84 Å². The van der Waals surface area contributed by atoms with Gasteiger partial charge in [-0.25, -0.2) is 9.59 Å². The maximum Gasteiger partial charge on any atom is 0.333 e. The van der Waals surface area contributed by atoms with E-state index in [1.807, 2.05) is 0 Å². The van der Waals surface area contributed by atoms with Crippen molar-refractivity contribution in [2.45, 2.75) is 44.6 Å². The van der Waals surface area contributed by atoms with Crippen LogP contribution >= 0.6 is 0 Å². The Hall–Kier alpha value is -1.58. The Morgan fingerprint density at radius 3 is 2.53 bits per heavy atom. The fourth-order valence-electron chi connectivity index (χ4n) is 1.80. The molecule has 0 atom stereocenters. The molecule has 4 nitrogen and oxygen atoms in total. The first-order chi connectivity index (χ1) is 8.09. The first-order valence-electron chi connectivity index (χ1n) is 5.88. The Kier molecular flexibility index (Phi) is 5.46. The van der Waals surface area contributed by atoms with E-state index in [4.69, 9.17) is 9.84 Å². The molecule has 1 aliphatic carbocycles. The van der Waals surface area contributed by atoms with Crippen molar-refractivity contribution in [1.29, 1.82) is 0 Å². The summed E-state index contributed by atoms with van der Waals surface area (Å²) in [6, 6.07) is 0. The van der Waals surface area contributed by atoms with Gasteiger partial charge in [-0.3, -0.25) is 0 Å². The Labute approximate surface area is 101 Å². The van der Waals surface area contributed by atoms with Crippen LogP contribution in [-0.4, -0.2) is 23.1 Å². The van der Waals surface area contributed by atoms with Gasteiger partial charge in [0.25, 0.3) is 0 Å². The molecule has 0 amide bonds. The Morgan fingerprint density at radius 2 is 1.94 bits per heavy atom. The van der Waals surface area contributed by atoms with Crippen LogP contribution in [0, 0.1) is 0 Å². The molecule has 0 unspecified atom stereocenters. The van der Waals surface area contributed by atoms with Crippen LogP contribution in [0.15, 0.2) is 24.3 Å². The minimum Gasteiger partial charge on any atom is -0.478 e. The number of rotatable bonds is 5.